The highest BCUT2D eigenvalue weighted by atomic mass is 32.2. The molecule has 0 N–H and O–H groups in total. The summed E-state index contributed by atoms with van der Waals surface area (Å²) in [7, 11) is -1.44. The van der Waals surface area contributed by atoms with Gasteiger partial charge in [-0.1, -0.05) is 36.4 Å². The third-order valence-electron chi connectivity index (χ3n) is 12.2. The van der Waals surface area contributed by atoms with Crippen molar-refractivity contribution < 1.29 is 35.8 Å². The molecule has 2 aliphatic heterocycles. The summed E-state index contributed by atoms with van der Waals surface area (Å²) in [5.74, 6) is 1.59. The minimum absolute atomic E-state index is 0.128. The highest BCUT2D eigenvalue weighted by Gasteiger charge is 2.34. The third kappa shape index (κ3) is 10.8. The normalized spacial score (nSPS) is 15.0. The summed E-state index contributed by atoms with van der Waals surface area (Å²) in [5.41, 5.74) is 9.83. The molecule has 2 aliphatic rings. The van der Waals surface area contributed by atoms with Gasteiger partial charge in [0.1, 0.15) is 32.8 Å². The van der Waals surface area contributed by atoms with Crippen molar-refractivity contribution in [3.63, 3.8) is 0 Å². The first-order chi connectivity index (χ1) is 31.7. The van der Waals surface area contributed by atoms with Crippen molar-refractivity contribution in [2.24, 2.45) is 0 Å². The Bertz CT molecular complexity index is 2830. The van der Waals surface area contributed by atoms with E-state index >= 15 is 0 Å². The van der Waals surface area contributed by atoms with Crippen LogP contribution >= 0.6 is 22.7 Å². The molecule has 0 atom stereocenters. The summed E-state index contributed by atoms with van der Waals surface area (Å²) in [6.45, 7) is 12.4. The Labute approximate surface area is 397 Å². The molecule has 352 valence electrons. The molecule has 4 aromatic carbocycles. The molecule has 0 radical (unpaired) electrons. The van der Waals surface area contributed by atoms with Gasteiger partial charge < -0.3 is 28.7 Å². The molecule has 2 aromatic heterocycles. The highest BCUT2D eigenvalue weighted by Crippen LogP contribution is 2.34. The number of hydrogen-bond acceptors (Lipinski definition) is 14. The summed E-state index contributed by atoms with van der Waals surface area (Å²) >= 11 is 3.23. The summed E-state index contributed by atoms with van der Waals surface area (Å²) in [5, 5.41) is 6.07. The van der Waals surface area contributed by atoms with Crippen molar-refractivity contribution in [2.75, 3.05) is 90.6 Å². The summed E-state index contributed by atoms with van der Waals surface area (Å²) in [4.78, 5) is 14.3. The average Bonchev–Trinajstić information content (AvgIpc) is 4.02. The fourth-order valence-electron chi connectivity index (χ4n) is 8.04. The quantitative estimate of drug-likeness (QED) is 0.105. The fraction of sp³-hybridized carbons (Fsp3) is 0.375. The van der Waals surface area contributed by atoms with Gasteiger partial charge in [0.25, 0.3) is 0 Å². The lowest BCUT2D eigenvalue weighted by Gasteiger charge is -2.34. The van der Waals surface area contributed by atoms with E-state index in [0.29, 0.717) is 75.4 Å². The van der Waals surface area contributed by atoms with Crippen molar-refractivity contribution in [3.05, 3.63) is 128 Å². The summed E-state index contributed by atoms with van der Waals surface area (Å²) in [6, 6.07) is 22.4. The number of anilines is 2. The second-order valence-corrected chi connectivity index (χ2v) is 21.6. The maximum absolute atomic E-state index is 13.3. The summed E-state index contributed by atoms with van der Waals surface area (Å²) < 4.78 is 77.3. The van der Waals surface area contributed by atoms with Gasteiger partial charge >= 0.3 is 0 Å². The Morgan fingerprint density at radius 2 is 0.955 bits per heavy atom. The van der Waals surface area contributed by atoms with Crippen molar-refractivity contribution in [1.29, 1.82) is 0 Å². The summed E-state index contributed by atoms with van der Waals surface area (Å²) in [6.07, 6.45) is 1.60. The number of methoxy groups -OCH3 is 4. The topological polar surface area (TPSA) is 144 Å². The van der Waals surface area contributed by atoms with Crippen LogP contribution in [0.4, 0.5) is 10.3 Å². The van der Waals surface area contributed by atoms with E-state index in [9.17, 15) is 16.8 Å². The highest BCUT2D eigenvalue weighted by molar-refractivity contribution is 7.89. The van der Waals surface area contributed by atoms with Crippen LogP contribution in [0.25, 0.3) is 0 Å². The van der Waals surface area contributed by atoms with Gasteiger partial charge in [-0.3, -0.25) is 0 Å². The molecule has 0 amide bonds. The zero-order valence-corrected chi connectivity index (χ0v) is 42.0. The first-order valence-corrected chi connectivity index (χ1v) is 26.2. The van der Waals surface area contributed by atoms with Crippen LogP contribution in [-0.2, 0) is 32.9 Å². The van der Waals surface area contributed by atoms with E-state index in [1.165, 1.54) is 82.6 Å². The minimum Gasteiger partial charge on any atom is -0.497 e. The molecule has 14 nitrogen and oxygen atoms in total. The number of hydrogen-bond donors (Lipinski definition) is 0. The van der Waals surface area contributed by atoms with Crippen LogP contribution in [0.2, 0.25) is 0 Å². The van der Waals surface area contributed by atoms with Gasteiger partial charge in [-0.2, -0.15) is 8.61 Å². The number of aromatic nitrogens is 2. The molecule has 0 unspecified atom stereocenters. The first-order valence-electron chi connectivity index (χ1n) is 21.6. The van der Waals surface area contributed by atoms with Crippen molar-refractivity contribution in [2.45, 2.75) is 50.3 Å². The molecule has 4 heterocycles. The van der Waals surface area contributed by atoms with Gasteiger partial charge in [0.05, 0.1) is 39.8 Å². The molecule has 0 bridgehead atoms. The number of sulfonamides is 2. The van der Waals surface area contributed by atoms with E-state index in [-0.39, 0.29) is 9.79 Å². The molecule has 2 saturated heterocycles. The molecule has 66 heavy (non-hydrogen) atoms. The van der Waals surface area contributed by atoms with Crippen molar-refractivity contribution >= 4 is 53.0 Å². The van der Waals surface area contributed by atoms with E-state index in [1.54, 1.807) is 46.9 Å². The van der Waals surface area contributed by atoms with Gasteiger partial charge in [-0.25, -0.2) is 26.8 Å². The number of thiazole rings is 2. The van der Waals surface area contributed by atoms with Gasteiger partial charge in [0.15, 0.2) is 10.3 Å². The Kier molecular flexibility index (Phi) is 15.6. The van der Waals surface area contributed by atoms with E-state index in [4.69, 9.17) is 28.9 Å². The molecule has 18 heteroatoms. The van der Waals surface area contributed by atoms with Crippen molar-refractivity contribution in [1.82, 2.24) is 18.6 Å². The van der Waals surface area contributed by atoms with E-state index in [0.717, 1.165) is 34.5 Å². The first kappa shape index (κ1) is 48.7. The lowest BCUT2D eigenvalue weighted by molar-refractivity contribution is 0.370. The van der Waals surface area contributed by atoms with Gasteiger partial charge in [-0.15, -0.1) is 22.7 Å². The van der Waals surface area contributed by atoms with E-state index in [2.05, 4.69) is 84.7 Å². The van der Waals surface area contributed by atoms with Crippen LogP contribution in [0.5, 0.6) is 23.0 Å². The maximum Gasteiger partial charge on any atom is 0.247 e. The zero-order valence-electron chi connectivity index (χ0n) is 38.7. The predicted molar refractivity (Wildman–Crippen MR) is 263 cm³/mol. The van der Waals surface area contributed by atoms with Crippen LogP contribution in [0.15, 0.2) is 93.3 Å². The number of nitrogens with zero attached hydrogens (tertiary/aromatic N) is 6. The SMILES string of the molecule is COc1ccc(OC)c(S(=O)(=O)N2CCN(c3nc(Cc4c(C)cccc4C)cs3)CC2)c1.COc1ccc(OC)c(S(=O)(=O)N2CCN(c3nc(Cc4cccc(C)c4C)cs3)CC2)c1. The van der Waals surface area contributed by atoms with E-state index in [1.807, 2.05) is 0 Å². The Hall–Kier alpha value is -5.24. The Morgan fingerprint density at radius 1 is 0.530 bits per heavy atom. The van der Waals surface area contributed by atoms with Gasteiger partial charge in [0.2, 0.25) is 20.0 Å². The second-order valence-electron chi connectivity index (χ2n) is 16.1. The molecule has 0 aliphatic carbocycles. The lowest BCUT2D eigenvalue weighted by atomic mass is 9.99. The average molecular weight is 975 g/mol. The van der Waals surface area contributed by atoms with E-state index < -0.39 is 20.0 Å². The molecular weight excluding hydrogens is 917 g/mol. The second kappa shape index (κ2) is 21.2. The van der Waals surface area contributed by atoms with Crippen LogP contribution in [0.3, 0.4) is 0 Å². The van der Waals surface area contributed by atoms with Gasteiger partial charge in [-0.05, 0) is 85.3 Å². The van der Waals surface area contributed by atoms with Gasteiger partial charge in [0, 0.05) is 88.1 Å². The number of piperazine rings is 2. The molecule has 0 spiro atoms. The molecule has 0 saturated carbocycles. The Balaban J connectivity index is 0.000000196. The lowest BCUT2D eigenvalue weighted by Crippen LogP contribution is -2.48. The maximum atomic E-state index is 13.3. The van der Waals surface area contributed by atoms with Crippen LogP contribution in [0, 0.1) is 27.7 Å². The molecule has 8 rings (SSSR count). The third-order valence-corrected chi connectivity index (χ3v) is 17.9. The largest absolute Gasteiger partial charge is 0.497 e. The monoisotopic (exact) mass is 974 g/mol. The minimum atomic E-state index is -3.70. The van der Waals surface area contributed by atoms with Crippen molar-refractivity contribution in [3.8, 4) is 23.0 Å². The standard InChI is InChI=1S/2C24H29N3O4S2/c1-17-6-5-7-19(18(17)2)14-20-16-32-24(25-20)26-10-12-27(13-11-26)33(28,29)23-15-21(30-3)8-9-22(23)31-4;1-17-6-5-7-18(2)21(17)14-19-16-32-24(25-19)26-10-12-27(13-11-26)33(28,29)23-15-20(30-3)8-9-22(23)31-4/h2*5-9,15-16H,10-14H2,1-4H3. The molecular formula is C48H58N6O8S4. The molecule has 2 fully saturated rings. The zero-order chi connectivity index (χ0) is 47.2. The van der Waals surface area contributed by atoms with Crippen LogP contribution in [0.1, 0.15) is 44.8 Å². The Morgan fingerprint density at radius 3 is 1.39 bits per heavy atom. The predicted octanol–water partition coefficient (Wildman–Crippen LogP) is 7.76. The number of rotatable bonds is 14. The number of benzene rings is 4. The smallest absolute Gasteiger partial charge is 0.247 e. The van der Waals surface area contributed by atoms with Crippen LogP contribution < -0.4 is 28.7 Å². The number of aryl methyl sites for hydroxylation is 3. The fourth-order valence-corrected chi connectivity index (χ4v) is 13.0. The molecule has 6 aromatic rings. The van der Waals surface area contributed by atoms with Crippen LogP contribution in [-0.4, -0.2) is 116 Å². The number of ether oxygens (including phenoxy) is 4.